The van der Waals surface area contributed by atoms with Gasteiger partial charge in [0.25, 0.3) is 5.91 Å². The number of hydrogen-bond donors (Lipinski definition) is 2. The molecule has 5 nitrogen and oxygen atoms in total. The summed E-state index contributed by atoms with van der Waals surface area (Å²) in [6, 6.07) is 0. The fraction of sp³-hybridized carbons (Fsp3) is 0.923. The predicted octanol–water partition coefficient (Wildman–Crippen LogP) is 0.661. The first-order chi connectivity index (χ1) is 8.60. The molecule has 2 fully saturated rings. The van der Waals surface area contributed by atoms with E-state index < -0.39 is 5.54 Å². The second-order valence-electron chi connectivity index (χ2n) is 5.75. The van der Waals surface area contributed by atoms with Crippen molar-refractivity contribution in [2.24, 2.45) is 0 Å². The van der Waals surface area contributed by atoms with Crippen molar-refractivity contribution in [1.82, 2.24) is 15.7 Å². The highest BCUT2D eigenvalue weighted by Crippen LogP contribution is 2.21. The third-order valence-electron chi connectivity index (χ3n) is 4.08. The van der Waals surface area contributed by atoms with E-state index in [-0.39, 0.29) is 12.0 Å². The van der Waals surface area contributed by atoms with E-state index in [0.29, 0.717) is 0 Å². The first-order valence-electron chi connectivity index (χ1n) is 7.02. The zero-order valence-electron chi connectivity index (χ0n) is 11.5. The van der Waals surface area contributed by atoms with E-state index in [1.165, 1.54) is 12.8 Å². The number of nitrogens with zero attached hydrogens (tertiary/aromatic N) is 1. The van der Waals surface area contributed by atoms with Crippen molar-refractivity contribution in [3.63, 3.8) is 0 Å². The summed E-state index contributed by atoms with van der Waals surface area (Å²) in [5, 5.41) is 3.30. The van der Waals surface area contributed by atoms with Crippen molar-refractivity contribution < 1.29 is 9.63 Å². The van der Waals surface area contributed by atoms with Crippen LogP contribution in [0.3, 0.4) is 0 Å². The van der Waals surface area contributed by atoms with Crippen LogP contribution in [0.2, 0.25) is 0 Å². The lowest BCUT2D eigenvalue weighted by Gasteiger charge is -2.39. The summed E-state index contributed by atoms with van der Waals surface area (Å²) in [6.07, 6.45) is 4.76. The molecular formula is C13H25N3O2. The van der Waals surface area contributed by atoms with Crippen LogP contribution in [-0.2, 0) is 9.63 Å². The van der Waals surface area contributed by atoms with E-state index in [1.54, 1.807) is 0 Å². The minimum atomic E-state index is -0.499. The minimum Gasteiger partial charge on any atom is -0.314 e. The topological polar surface area (TPSA) is 53.6 Å². The van der Waals surface area contributed by atoms with Gasteiger partial charge in [0.1, 0.15) is 0 Å². The molecule has 1 aliphatic heterocycles. The van der Waals surface area contributed by atoms with Crippen LogP contribution >= 0.6 is 0 Å². The molecule has 1 amide bonds. The Morgan fingerprint density at radius 2 is 1.89 bits per heavy atom. The Morgan fingerprint density at radius 3 is 2.50 bits per heavy atom. The van der Waals surface area contributed by atoms with Crippen LogP contribution in [0.25, 0.3) is 0 Å². The molecule has 0 bridgehead atoms. The predicted molar refractivity (Wildman–Crippen MR) is 70.0 cm³/mol. The molecular weight excluding hydrogens is 230 g/mol. The molecule has 1 saturated carbocycles. The molecule has 18 heavy (non-hydrogen) atoms. The van der Waals surface area contributed by atoms with E-state index in [2.05, 4.69) is 15.7 Å². The number of piperazine rings is 1. The van der Waals surface area contributed by atoms with Crippen LogP contribution in [0.15, 0.2) is 0 Å². The van der Waals surface area contributed by atoms with Gasteiger partial charge in [-0.05, 0) is 26.7 Å². The number of hydroxylamine groups is 1. The highest BCUT2D eigenvalue weighted by Gasteiger charge is 2.35. The second-order valence-corrected chi connectivity index (χ2v) is 5.75. The molecule has 0 aromatic carbocycles. The van der Waals surface area contributed by atoms with Gasteiger partial charge in [0.05, 0.1) is 11.6 Å². The average Bonchev–Trinajstić information content (AvgIpc) is 2.90. The van der Waals surface area contributed by atoms with Gasteiger partial charge in [0.15, 0.2) is 0 Å². The van der Waals surface area contributed by atoms with Gasteiger partial charge < -0.3 is 5.32 Å². The zero-order chi connectivity index (χ0) is 13.0. The van der Waals surface area contributed by atoms with Gasteiger partial charge in [-0.3, -0.25) is 14.5 Å². The first-order valence-corrected chi connectivity index (χ1v) is 7.02. The summed E-state index contributed by atoms with van der Waals surface area (Å²) >= 11 is 0. The van der Waals surface area contributed by atoms with Crippen molar-refractivity contribution in [1.29, 1.82) is 0 Å². The van der Waals surface area contributed by atoms with Gasteiger partial charge in [-0.1, -0.05) is 12.8 Å². The molecule has 0 aromatic rings. The van der Waals surface area contributed by atoms with Crippen LogP contribution < -0.4 is 10.8 Å². The molecule has 0 spiro atoms. The molecule has 0 atom stereocenters. The summed E-state index contributed by atoms with van der Waals surface area (Å²) in [7, 11) is 0. The van der Waals surface area contributed by atoms with E-state index in [0.717, 1.165) is 39.0 Å². The lowest BCUT2D eigenvalue weighted by Crippen LogP contribution is -2.60. The highest BCUT2D eigenvalue weighted by molar-refractivity contribution is 5.84. The Hall–Kier alpha value is -0.650. The largest absolute Gasteiger partial charge is 0.314 e. The molecule has 0 radical (unpaired) electrons. The number of carbonyl (C=O) groups excluding carboxylic acids is 1. The summed E-state index contributed by atoms with van der Waals surface area (Å²) in [5.41, 5.74) is 2.16. The highest BCUT2D eigenvalue weighted by atomic mass is 16.7. The van der Waals surface area contributed by atoms with Crippen molar-refractivity contribution in [3.8, 4) is 0 Å². The number of carbonyl (C=O) groups is 1. The molecule has 104 valence electrons. The summed E-state index contributed by atoms with van der Waals surface area (Å²) in [6.45, 7) is 7.63. The third kappa shape index (κ3) is 3.22. The summed E-state index contributed by atoms with van der Waals surface area (Å²) in [5.74, 6) is -0.0312. The van der Waals surface area contributed by atoms with Gasteiger partial charge in [0.2, 0.25) is 0 Å². The molecule has 0 aromatic heterocycles. The molecule has 1 saturated heterocycles. The average molecular weight is 255 g/mol. The molecule has 2 rings (SSSR count). The Kier molecular flexibility index (Phi) is 4.59. The van der Waals surface area contributed by atoms with Crippen LogP contribution in [0.5, 0.6) is 0 Å². The smallest absolute Gasteiger partial charge is 0.263 e. The van der Waals surface area contributed by atoms with Gasteiger partial charge >= 0.3 is 0 Å². The molecule has 2 aliphatic rings. The van der Waals surface area contributed by atoms with E-state index in [4.69, 9.17) is 4.84 Å². The second kappa shape index (κ2) is 5.99. The summed E-state index contributed by atoms with van der Waals surface area (Å²) in [4.78, 5) is 19.9. The Bertz CT molecular complexity index is 282. The Labute approximate surface area is 109 Å². The first kappa shape index (κ1) is 13.8. The van der Waals surface area contributed by atoms with Crippen LogP contribution in [-0.4, -0.2) is 48.6 Å². The van der Waals surface area contributed by atoms with E-state index in [9.17, 15) is 4.79 Å². The Balaban J connectivity index is 1.81. The SMILES string of the molecule is CC(C)(C(=O)NOC1CCCC1)N1CCNCC1. The lowest BCUT2D eigenvalue weighted by molar-refractivity contribution is -0.149. The summed E-state index contributed by atoms with van der Waals surface area (Å²) < 4.78 is 0. The van der Waals surface area contributed by atoms with Gasteiger partial charge in [-0.15, -0.1) is 0 Å². The quantitative estimate of drug-likeness (QED) is 0.725. The fourth-order valence-electron chi connectivity index (χ4n) is 2.64. The standard InChI is InChI=1S/C13H25N3O2/c1-13(2,16-9-7-14-8-10-16)12(17)15-18-11-5-3-4-6-11/h11,14H,3-10H2,1-2H3,(H,15,17). The van der Waals surface area contributed by atoms with E-state index >= 15 is 0 Å². The third-order valence-corrected chi connectivity index (χ3v) is 4.08. The molecule has 1 aliphatic carbocycles. The van der Waals surface area contributed by atoms with Crippen LogP contribution in [0.4, 0.5) is 0 Å². The van der Waals surface area contributed by atoms with Crippen molar-refractivity contribution in [3.05, 3.63) is 0 Å². The molecule has 5 heteroatoms. The lowest BCUT2D eigenvalue weighted by atomic mass is 10.0. The zero-order valence-corrected chi connectivity index (χ0v) is 11.5. The number of amides is 1. The maximum atomic E-state index is 12.2. The van der Waals surface area contributed by atoms with Gasteiger partial charge in [-0.25, -0.2) is 5.48 Å². The van der Waals surface area contributed by atoms with Gasteiger partial charge in [-0.2, -0.15) is 0 Å². The molecule has 2 N–H and O–H groups in total. The number of rotatable bonds is 4. The minimum absolute atomic E-state index is 0.0312. The van der Waals surface area contributed by atoms with Crippen molar-refractivity contribution in [2.45, 2.75) is 51.2 Å². The molecule has 0 unspecified atom stereocenters. The number of nitrogens with one attached hydrogen (secondary N) is 2. The van der Waals surface area contributed by atoms with E-state index in [1.807, 2.05) is 13.8 Å². The Morgan fingerprint density at radius 1 is 1.28 bits per heavy atom. The maximum Gasteiger partial charge on any atom is 0.263 e. The fourth-order valence-corrected chi connectivity index (χ4v) is 2.64. The van der Waals surface area contributed by atoms with Crippen LogP contribution in [0, 0.1) is 0 Å². The normalized spacial score (nSPS) is 23.2. The van der Waals surface area contributed by atoms with Crippen LogP contribution in [0.1, 0.15) is 39.5 Å². The monoisotopic (exact) mass is 255 g/mol. The van der Waals surface area contributed by atoms with Crippen molar-refractivity contribution in [2.75, 3.05) is 26.2 Å². The maximum absolute atomic E-state index is 12.2. The number of hydrogen-bond acceptors (Lipinski definition) is 4. The van der Waals surface area contributed by atoms with Gasteiger partial charge in [0, 0.05) is 26.2 Å². The molecule has 1 heterocycles. The van der Waals surface area contributed by atoms with Crippen molar-refractivity contribution >= 4 is 5.91 Å².